The van der Waals surface area contributed by atoms with Crippen molar-refractivity contribution < 1.29 is 4.48 Å². The summed E-state index contributed by atoms with van der Waals surface area (Å²) in [6, 6.07) is 0. The summed E-state index contributed by atoms with van der Waals surface area (Å²) >= 11 is 0. The van der Waals surface area contributed by atoms with Crippen LogP contribution < -0.4 is 0 Å². The molecule has 3 aliphatic heterocycles. The second-order valence-corrected chi connectivity index (χ2v) is 9.06. The summed E-state index contributed by atoms with van der Waals surface area (Å²) < 4.78 is 1.51. The molecule has 0 aliphatic carbocycles. The van der Waals surface area contributed by atoms with E-state index >= 15 is 0 Å². The van der Waals surface area contributed by atoms with Gasteiger partial charge in [0, 0.05) is 0 Å². The molecule has 3 rings (SSSR count). The highest BCUT2D eigenvalue weighted by atomic mass is 15.4. The van der Waals surface area contributed by atoms with Gasteiger partial charge in [-0.15, -0.1) is 0 Å². The first-order valence-electron chi connectivity index (χ1n) is 11.7. The van der Waals surface area contributed by atoms with E-state index in [-0.39, 0.29) is 0 Å². The van der Waals surface area contributed by atoms with Crippen molar-refractivity contribution in [1.82, 2.24) is 0 Å². The minimum absolute atomic E-state index is 1.11. The van der Waals surface area contributed by atoms with Crippen LogP contribution >= 0.6 is 0 Å². The van der Waals surface area contributed by atoms with E-state index in [9.17, 15) is 0 Å². The number of rotatable bonds is 15. The molecule has 0 atom stereocenters. The number of quaternary nitrogens is 1. The van der Waals surface area contributed by atoms with E-state index < -0.39 is 0 Å². The average Bonchev–Trinajstić information content (AvgIpc) is 2.63. The predicted molar refractivity (Wildman–Crippen MR) is 107 cm³/mol. The minimum atomic E-state index is 1.11. The van der Waals surface area contributed by atoms with E-state index in [2.05, 4.69) is 6.92 Å². The number of nitrogens with zero attached hydrogens (tertiary/aromatic N) is 1. The lowest BCUT2D eigenvalue weighted by Crippen LogP contribution is -2.58. The molecule has 0 aromatic rings. The van der Waals surface area contributed by atoms with Crippen LogP contribution in [0.25, 0.3) is 0 Å². The number of piperidine rings is 3. The van der Waals surface area contributed by atoms with Crippen LogP contribution in [0.3, 0.4) is 0 Å². The van der Waals surface area contributed by atoms with E-state index in [0.717, 1.165) is 5.92 Å². The zero-order chi connectivity index (χ0) is 16.9. The molecular weight excluding hydrogens is 290 g/mol. The molecule has 0 spiro atoms. The normalized spacial score (nSPS) is 26.1. The van der Waals surface area contributed by atoms with Crippen molar-refractivity contribution >= 4 is 0 Å². The molecule has 24 heavy (non-hydrogen) atoms. The molecule has 3 fully saturated rings. The Bertz CT molecular complexity index is 277. The van der Waals surface area contributed by atoms with Crippen LogP contribution in [-0.4, -0.2) is 30.7 Å². The molecule has 0 N–H and O–H groups in total. The van der Waals surface area contributed by atoms with Crippen LogP contribution in [0.5, 0.6) is 0 Å². The smallest absolute Gasteiger partial charge is 0.0789 e. The van der Waals surface area contributed by atoms with Crippen molar-refractivity contribution in [2.75, 3.05) is 26.2 Å². The van der Waals surface area contributed by atoms with E-state index in [1.807, 2.05) is 0 Å². The van der Waals surface area contributed by atoms with Gasteiger partial charge in [-0.05, 0) is 38.0 Å². The predicted octanol–water partition coefficient (Wildman–Crippen LogP) is 7.10. The Labute approximate surface area is 153 Å². The van der Waals surface area contributed by atoms with Gasteiger partial charge in [0.05, 0.1) is 26.2 Å². The van der Waals surface area contributed by atoms with Crippen molar-refractivity contribution in [3.63, 3.8) is 0 Å². The summed E-state index contributed by atoms with van der Waals surface area (Å²) in [6.07, 6.45) is 25.4. The molecule has 3 saturated heterocycles. The van der Waals surface area contributed by atoms with Crippen molar-refractivity contribution in [3.8, 4) is 0 Å². The first-order chi connectivity index (χ1) is 11.8. The fourth-order valence-electron chi connectivity index (χ4n) is 5.11. The molecule has 0 aromatic heterocycles. The highest BCUT2D eigenvalue weighted by molar-refractivity contribution is 4.71. The first-order valence-corrected chi connectivity index (χ1v) is 11.7. The van der Waals surface area contributed by atoms with Gasteiger partial charge in [0.1, 0.15) is 0 Å². The van der Waals surface area contributed by atoms with Crippen LogP contribution in [-0.2, 0) is 0 Å². The Morgan fingerprint density at radius 1 is 0.542 bits per heavy atom. The third kappa shape index (κ3) is 7.89. The molecule has 0 amide bonds. The summed E-state index contributed by atoms with van der Waals surface area (Å²) in [4.78, 5) is 0. The van der Waals surface area contributed by atoms with E-state index in [4.69, 9.17) is 0 Å². The third-order valence-corrected chi connectivity index (χ3v) is 7.02. The number of hydrogen-bond acceptors (Lipinski definition) is 0. The quantitative estimate of drug-likeness (QED) is 0.221. The molecule has 142 valence electrons. The lowest BCUT2D eigenvalue weighted by Gasteiger charge is -2.49. The zero-order valence-corrected chi connectivity index (χ0v) is 16.9. The highest BCUT2D eigenvalue weighted by Gasteiger charge is 2.38. The summed E-state index contributed by atoms with van der Waals surface area (Å²) in [5.41, 5.74) is 0. The molecule has 3 heterocycles. The van der Waals surface area contributed by atoms with Crippen molar-refractivity contribution in [2.45, 2.75) is 116 Å². The van der Waals surface area contributed by atoms with Crippen LogP contribution in [0.2, 0.25) is 0 Å². The minimum Gasteiger partial charge on any atom is -0.324 e. The van der Waals surface area contributed by atoms with E-state index in [1.54, 1.807) is 19.3 Å². The summed E-state index contributed by atoms with van der Waals surface area (Å²) in [6.45, 7) is 8.36. The molecule has 1 nitrogen and oxygen atoms in total. The monoisotopic (exact) mass is 336 g/mol. The van der Waals surface area contributed by atoms with Gasteiger partial charge in [0.2, 0.25) is 0 Å². The number of fused-ring (bicyclic) bond motifs is 3. The van der Waals surface area contributed by atoms with Crippen molar-refractivity contribution in [1.29, 1.82) is 0 Å². The van der Waals surface area contributed by atoms with Gasteiger partial charge in [-0.3, -0.25) is 0 Å². The number of unbranched alkanes of at least 4 members (excludes halogenated alkanes) is 13. The van der Waals surface area contributed by atoms with E-state index in [0.29, 0.717) is 0 Å². The van der Waals surface area contributed by atoms with Gasteiger partial charge in [-0.1, -0.05) is 84.0 Å². The van der Waals surface area contributed by atoms with Gasteiger partial charge in [-0.2, -0.15) is 0 Å². The average molecular weight is 337 g/mol. The van der Waals surface area contributed by atoms with Gasteiger partial charge < -0.3 is 4.48 Å². The maximum atomic E-state index is 2.30. The highest BCUT2D eigenvalue weighted by Crippen LogP contribution is 2.33. The fraction of sp³-hybridized carbons (Fsp3) is 1.00. The lowest BCUT2D eigenvalue weighted by atomic mass is 9.85. The Hall–Kier alpha value is -0.0400. The third-order valence-electron chi connectivity index (χ3n) is 7.02. The Kier molecular flexibility index (Phi) is 10.4. The molecule has 0 unspecified atom stereocenters. The lowest BCUT2D eigenvalue weighted by molar-refractivity contribution is -0.942. The Morgan fingerprint density at radius 3 is 1.33 bits per heavy atom. The summed E-state index contributed by atoms with van der Waals surface area (Å²) in [5, 5.41) is 0. The van der Waals surface area contributed by atoms with Crippen molar-refractivity contribution in [2.24, 2.45) is 5.92 Å². The maximum Gasteiger partial charge on any atom is 0.0789 e. The summed E-state index contributed by atoms with van der Waals surface area (Å²) in [7, 11) is 0. The van der Waals surface area contributed by atoms with E-state index in [1.165, 1.54) is 121 Å². The second kappa shape index (κ2) is 12.3. The molecule has 2 bridgehead atoms. The standard InChI is InChI=1S/C23H46N/c1-2-3-4-5-6-7-8-9-10-11-12-13-14-15-19-24-20-16-23(17-21-24)18-22-24/h23H,2-22H2,1H3/q+1. The molecule has 0 radical (unpaired) electrons. The van der Waals surface area contributed by atoms with Crippen LogP contribution in [0.15, 0.2) is 0 Å². The Balaban J connectivity index is 1.30. The van der Waals surface area contributed by atoms with Gasteiger partial charge in [0.25, 0.3) is 0 Å². The van der Waals surface area contributed by atoms with Gasteiger partial charge in [-0.25, -0.2) is 0 Å². The largest absolute Gasteiger partial charge is 0.324 e. The SMILES string of the molecule is CCCCCCCCCCCCCCCC[N+]12CCC(CC1)CC2. The molecule has 3 aliphatic rings. The molecule has 0 saturated carbocycles. The van der Waals surface area contributed by atoms with Crippen molar-refractivity contribution in [3.05, 3.63) is 0 Å². The molecular formula is C23H46N+. The topological polar surface area (TPSA) is 0 Å². The zero-order valence-electron chi connectivity index (χ0n) is 16.9. The van der Waals surface area contributed by atoms with Crippen LogP contribution in [0, 0.1) is 5.92 Å². The molecule has 0 aromatic carbocycles. The maximum absolute atomic E-state index is 2.30. The first kappa shape index (κ1) is 20.3. The van der Waals surface area contributed by atoms with Gasteiger partial charge in [0.15, 0.2) is 0 Å². The second-order valence-electron chi connectivity index (χ2n) is 9.06. The number of hydrogen-bond donors (Lipinski definition) is 0. The van der Waals surface area contributed by atoms with Gasteiger partial charge >= 0.3 is 0 Å². The fourth-order valence-corrected chi connectivity index (χ4v) is 5.11. The summed E-state index contributed by atoms with van der Waals surface area (Å²) in [5.74, 6) is 1.11. The van der Waals surface area contributed by atoms with Crippen LogP contribution in [0.1, 0.15) is 116 Å². The Morgan fingerprint density at radius 2 is 0.917 bits per heavy atom. The van der Waals surface area contributed by atoms with Crippen LogP contribution in [0.4, 0.5) is 0 Å². The molecule has 1 heteroatoms.